The maximum absolute atomic E-state index is 12.0. The molecule has 0 spiro atoms. The van der Waals surface area contributed by atoms with E-state index in [1.54, 1.807) is 12.1 Å². The van der Waals surface area contributed by atoms with Gasteiger partial charge in [-0.1, -0.05) is 6.92 Å². The van der Waals surface area contributed by atoms with Crippen molar-refractivity contribution in [2.45, 2.75) is 26.3 Å². The number of morpholine rings is 1. The molecule has 1 aliphatic rings. The van der Waals surface area contributed by atoms with E-state index in [4.69, 9.17) is 4.74 Å². The average Bonchev–Trinajstić information content (AvgIpc) is 2.56. The van der Waals surface area contributed by atoms with Gasteiger partial charge in [0.15, 0.2) is 5.69 Å². The first-order valence-electron chi connectivity index (χ1n) is 7.87. The molecule has 22 heavy (non-hydrogen) atoms. The van der Waals surface area contributed by atoms with Crippen LogP contribution in [0.1, 0.15) is 30.8 Å². The van der Waals surface area contributed by atoms with Gasteiger partial charge in [0.1, 0.15) is 5.82 Å². The number of hydrogen-bond donors (Lipinski definition) is 2. The Balaban J connectivity index is 1.74. The molecule has 2 N–H and O–H groups in total. The van der Waals surface area contributed by atoms with Gasteiger partial charge in [-0.2, -0.15) is 0 Å². The number of nitrogens with one attached hydrogen (secondary N) is 2. The molecule has 1 atom stereocenters. The number of amides is 1. The van der Waals surface area contributed by atoms with Crippen molar-refractivity contribution < 1.29 is 9.53 Å². The van der Waals surface area contributed by atoms with Gasteiger partial charge in [0, 0.05) is 32.2 Å². The van der Waals surface area contributed by atoms with E-state index < -0.39 is 0 Å². The predicted octanol–water partition coefficient (Wildman–Crippen LogP) is 0.749. The van der Waals surface area contributed by atoms with Gasteiger partial charge in [-0.15, -0.1) is 10.2 Å². The molecule has 7 nitrogen and oxygen atoms in total. The van der Waals surface area contributed by atoms with E-state index in [2.05, 4.69) is 39.6 Å². The van der Waals surface area contributed by atoms with Crippen LogP contribution in [0, 0.1) is 0 Å². The largest absolute Gasteiger partial charge is 0.379 e. The Kier molecular flexibility index (Phi) is 6.54. The van der Waals surface area contributed by atoms with Crippen molar-refractivity contribution in [2.24, 2.45) is 0 Å². The van der Waals surface area contributed by atoms with Crippen LogP contribution in [0.15, 0.2) is 12.1 Å². The number of ether oxygens (including phenoxy) is 1. The lowest BCUT2D eigenvalue weighted by Crippen LogP contribution is -2.41. The highest BCUT2D eigenvalue weighted by Gasteiger charge is 2.12. The lowest BCUT2D eigenvalue weighted by Gasteiger charge is -2.26. The number of carbonyl (C=O) groups is 1. The molecule has 1 aromatic rings. The molecule has 2 rings (SSSR count). The van der Waals surface area contributed by atoms with Crippen molar-refractivity contribution in [3.63, 3.8) is 0 Å². The quantitative estimate of drug-likeness (QED) is 0.774. The van der Waals surface area contributed by atoms with Gasteiger partial charge in [-0.05, 0) is 25.5 Å². The Labute approximate surface area is 131 Å². The third-order valence-electron chi connectivity index (χ3n) is 3.72. The minimum atomic E-state index is -0.184. The molecule has 0 bridgehead atoms. The molecule has 0 radical (unpaired) electrons. The zero-order valence-corrected chi connectivity index (χ0v) is 13.3. The summed E-state index contributed by atoms with van der Waals surface area (Å²) in [5.41, 5.74) is 0.344. The van der Waals surface area contributed by atoms with Crippen molar-refractivity contribution in [3.8, 4) is 0 Å². The summed E-state index contributed by atoms with van der Waals surface area (Å²) in [6, 6.07) is 3.82. The molecule has 1 saturated heterocycles. The SMILES string of the molecule is CCC(C)Nc1ccc(C(=O)NCCN2CCOCC2)nn1. The molecule has 2 heterocycles. The lowest BCUT2D eigenvalue weighted by molar-refractivity contribution is 0.0383. The highest BCUT2D eigenvalue weighted by molar-refractivity contribution is 5.92. The fraction of sp³-hybridized carbons (Fsp3) is 0.667. The van der Waals surface area contributed by atoms with Crippen LogP contribution in [0.4, 0.5) is 5.82 Å². The van der Waals surface area contributed by atoms with Crippen LogP contribution in [-0.4, -0.2) is 66.4 Å². The minimum Gasteiger partial charge on any atom is -0.379 e. The van der Waals surface area contributed by atoms with E-state index in [0.29, 0.717) is 24.1 Å². The van der Waals surface area contributed by atoms with Crippen LogP contribution >= 0.6 is 0 Å². The molecule has 0 aromatic carbocycles. The second kappa shape index (κ2) is 8.65. The fourth-order valence-corrected chi connectivity index (χ4v) is 2.13. The van der Waals surface area contributed by atoms with Crippen molar-refractivity contribution in [1.82, 2.24) is 20.4 Å². The van der Waals surface area contributed by atoms with Crippen LogP contribution in [0.25, 0.3) is 0 Å². The van der Waals surface area contributed by atoms with Gasteiger partial charge in [0.05, 0.1) is 13.2 Å². The van der Waals surface area contributed by atoms with Crippen molar-refractivity contribution in [2.75, 3.05) is 44.7 Å². The summed E-state index contributed by atoms with van der Waals surface area (Å²) >= 11 is 0. The molecule has 1 amide bonds. The van der Waals surface area contributed by atoms with Crippen molar-refractivity contribution in [1.29, 1.82) is 0 Å². The summed E-state index contributed by atoms with van der Waals surface area (Å²) < 4.78 is 5.29. The Morgan fingerprint density at radius 1 is 1.36 bits per heavy atom. The van der Waals surface area contributed by atoms with Crippen LogP contribution in [0.3, 0.4) is 0 Å². The summed E-state index contributed by atoms with van der Waals surface area (Å²) in [5.74, 6) is 0.509. The summed E-state index contributed by atoms with van der Waals surface area (Å²) in [7, 11) is 0. The van der Waals surface area contributed by atoms with E-state index in [1.807, 2.05) is 0 Å². The predicted molar refractivity (Wildman–Crippen MR) is 85.0 cm³/mol. The maximum atomic E-state index is 12.0. The number of carbonyl (C=O) groups excluding carboxylic acids is 1. The first kappa shape index (κ1) is 16.6. The zero-order valence-electron chi connectivity index (χ0n) is 13.3. The third-order valence-corrected chi connectivity index (χ3v) is 3.72. The van der Waals surface area contributed by atoms with Crippen molar-refractivity contribution in [3.05, 3.63) is 17.8 Å². The second-order valence-electron chi connectivity index (χ2n) is 5.47. The summed E-state index contributed by atoms with van der Waals surface area (Å²) in [5, 5.41) is 14.1. The number of hydrogen-bond acceptors (Lipinski definition) is 6. The monoisotopic (exact) mass is 307 g/mol. The number of nitrogens with zero attached hydrogens (tertiary/aromatic N) is 3. The third kappa shape index (κ3) is 5.23. The molecular formula is C15H25N5O2. The van der Waals surface area contributed by atoms with Gasteiger partial charge < -0.3 is 15.4 Å². The van der Waals surface area contributed by atoms with Crippen LogP contribution in [-0.2, 0) is 4.74 Å². The molecule has 1 unspecified atom stereocenters. The number of rotatable bonds is 7. The Morgan fingerprint density at radius 2 is 2.14 bits per heavy atom. The van der Waals surface area contributed by atoms with E-state index >= 15 is 0 Å². The van der Waals surface area contributed by atoms with Crippen LogP contribution in [0.5, 0.6) is 0 Å². The summed E-state index contributed by atoms with van der Waals surface area (Å²) in [4.78, 5) is 14.3. The lowest BCUT2D eigenvalue weighted by atomic mass is 10.2. The highest BCUT2D eigenvalue weighted by Crippen LogP contribution is 2.05. The van der Waals surface area contributed by atoms with E-state index in [1.165, 1.54) is 0 Å². The number of aromatic nitrogens is 2. The Morgan fingerprint density at radius 3 is 2.77 bits per heavy atom. The molecule has 1 aliphatic heterocycles. The van der Waals surface area contributed by atoms with Gasteiger partial charge in [-0.3, -0.25) is 9.69 Å². The van der Waals surface area contributed by atoms with Gasteiger partial charge in [-0.25, -0.2) is 0 Å². The average molecular weight is 307 g/mol. The van der Waals surface area contributed by atoms with Crippen molar-refractivity contribution >= 4 is 11.7 Å². The van der Waals surface area contributed by atoms with E-state index in [-0.39, 0.29) is 5.91 Å². The van der Waals surface area contributed by atoms with Gasteiger partial charge in [0.25, 0.3) is 5.91 Å². The smallest absolute Gasteiger partial charge is 0.271 e. The number of anilines is 1. The summed E-state index contributed by atoms with van der Waals surface area (Å²) in [6.45, 7) is 8.99. The zero-order chi connectivity index (χ0) is 15.8. The van der Waals surface area contributed by atoms with Crippen LogP contribution < -0.4 is 10.6 Å². The van der Waals surface area contributed by atoms with Gasteiger partial charge >= 0.3 is 0 Å². The maximum Gasteiger partial charge on any atom is 0.271 e. The fourth-order valence-electron chi connectivity index (χ4n) is 2.13. The molecule has 0 saturated carbocycles. The molecule has 122 valence electrons. The first-order valence-corrected chi connectivity index (χ1v) is 7.87. The molecule has 7 heteroatoms. The van der Waals surface area contributed by atoms with E-state index in [0.717, 1.165) is 39.3 Å². The minimum absolute atomic E-state index is 0.184. The Hall–Kier alpha value is -1.73. The second-order valence-corrected chi connectivity index (χ2v) is 5.47. The molecule has 1 fully saturated rings. The normalized spacial score (nSPS) is 17.0. The topological polar surface area (TPSA) is 79.4 Å². The molecular weight excluding hydrogens is 282 g/mol. The Bertz CT molecular complexity index is 460. The van der Waals surface area contributed by atoms with Gasteiger partial charge in [0.2, 0.25) is 0 Å². The molecule has 0 aliphatic carbocycles. The first-order chi connectivity index (χ1) is 10.7. The van der Waals surface area contributed by atoms with Crippen LogP contribution in [0.2, 0.25) is 0 Å². The summed E-state index contributed by atoms with van der Waals surface area (Å²) in [6.07, 6.45) is 1.01. The molecule has 1 aromatic heterocycles. The highest BCUT2D eigenvalue weighted by atomic mass is 16.5. The standard InChI is InChI=1S/C15H25N5O2/c1-3-12(2)17-14-5-4-13(18-19-14)15(21)16-6-7-20-8-10-22-11-9-20/h4-5,12H,3,6-11H2,1-2H3,(H,16,21)(H,17,19). The van der Waals surface area contributed by atoms with E-state index in [9.17, 15) is 4.79 Å².